The summed E-state index contributed by atoms with van der Waals surface area (Å²) in [6.45, 7) is 1.54. The molecule has 8 amide bonds. The average molecular weight is 938 g/mol. The molecule has 1 heterocycles. The molecule has 67 heavy (non-hydrogen) atoms. The van der Waals surface area contributed by atoms with Crippen LogP contribution in [0.1, 0.15) is 121 Å². The summed E-state index contributed by atoms with van der Waals surface area (Å²) < 4.78 is 0. The lowest BCUT2D eigenvalue weighted by Crippen LogP contribution is -2.59. The topological polar surface area (TPSA) is 316 Å². The minimum absolute atomic E-state index is 0.0440. The number of nitrogens with two attached hydrogens (primary N) is 2. The van der Waals surface area contributed by atoms with Gasteiger partial charge in [-0.25, -0.2) is 0 Å². The molecule has 0 spiro atoms. The van der Waals surface area contributed by atoms with Crippen molar-refractivity contribution < 1.29 is 53.7 Å². The van der Waals surface area contributed by atoms with Gasteiger partial charge in [-0.3, -0.25) is 38.4 Å². The third kappa shape index (κ3) is 17.5. The summed E-state index contributed by atoms with van der Waals surface area (Å²) in [5.74, 6) is -7.02. The molecule has 0 aliphatic carbocycles. The van der Waals surface area contributed by atoms with Crippen molar-refractivity contribution in [3.05, 3.63) is 47.5 Å². The lowest BCUT2D eigenvalue weighted by atomic mass is 9.93. The van der Waals surface area contributed by atoms with Crippen LogP contribution in [0.2, 0.25) is 0 Å². The Bertz CT molecular complexity index is 2030. The number of carbonyl (C=O) groups is 8. The van der Waals surface area contributed by atoms with Crippen molar-refractivity contribution in [3.63, 3.8) is 0 Å². The highest BCUT2D eigenvalue weighted by Gasteiger charge is 2.34. The van der Waals surface area contributed by atoms with E-state index in [2.05, 4.69) is 33.5 Å². The number of unbranched alkanes of at least 4 members (excludes halogenated alkanes) is 12. The van der Waals surface area contributed by atoms with Gasteiger partial charge in [0.25, 0.3) is 5.91 Å². The van der Waals surface area contributed by atoms with Crippen LogP contribution < -0.4 is 38.1 Å². The standard InChI is InChI=1S/C47H71N9O11/c1-5-6-7-8-9-10-11-12-13-14-15-16-17-18-39(61)55(3)35(28-57)45(65)54-42(49)47(67)51-27-40(62)56(4)41-31-20-22-37(59)33(25-31)32-23-30(19-21-36(32)58)24-34(44(64)50-26-38(48)60)53-43(63)29(2)52-46(41)66/h19-23,25,29,34-35,41-42,57-59H,5-18,24,26-28,49H2,1-4H3,(H2,48,60)(H,50,64)(H,51,67)(H,52,66)(H,53,63)(H,54,65)/t29-,34-,35?,41-,42-/m0/s1. The van der Waals surface area contributed by atoms with Crippen molar-refractivity contribution in [3.8, 4) is 22.6 Å². The van der Waals surface area contributed by atoms with Gasteiger partial charge in [0.1, 0.15) is 35.7 Å². The molecule has 1 aliphatic rings. The first kappa shape index (κ1) is 55.1. The highest BCUT2D eigenvalue weighted by atomic mass is 16.3. The molecular weight excluding hydrogens is 867 g/mol. The van der Waals surface area contributed by atoms with Gasteiger partial charge in [-0.1, -0.05) is 96.1 Å². The molecule has 0 aromatic heterocycles. The number of hydrogen-bond acceptors (Lipinski definition) is 12. The lowest BCUT2D eigenvalue weighted by molar-refractivity contribution is -0.142. The fraction of sp³-hybridized carbons (Fsp3) is 0.574. The molecule has 370 valence electrons. The molecule has 20 heteroatoms. The minimum Gasteiger partial charge on any atom is -0.507 e. The van der Waals surface area contributed by atoms with Crippen molar-refractivity contribution >= 4 is 47.3 Å². The maximum Gasteiger partial charge on any atom is 0.257 e. The monoisotopic (exact) mass is 938 g/mol. The van der Waals surface area contributed by atoms with Gasteiger partial charge in [0.15, 0.2) is 6.17 Å². The van der Waals surface area contributed by atoms with Crippen LogP contribution in [0.5, 0.6) is 11.5 Å². The van der Waals surface area contributed by atoms with Gasteiger partial charge in [0.05, 0.1) is 19.7 Å². The molecule has 2 aromatic rings. The Morgan fingerprint density at radius 2 is 1.31 bits per heavy atom. The number of aliphatic hydroxyl groups excluding tert-OH is 1. The van der Waals surface area contributed by atoms with Crippen molar-refractivity contribution in [2.24, 2.45) is 11.5 Å². The quantitative estimate of drug-likeness (QED) is 0.0497. The number of nitrogens with one attached hydrogen (secondary N) is 5. The third-order valence-corrected chi connectivity index (χ3v) is 11.8. The van der Waals surface area contributed by atoms with Crippen molar-refractivity contribution in [2.75, 3.05) is 33.8 Å². The van der Waals surface area contributed by atoms with Gasteiger partial charge in [-0.15, -0.1) is 0 Å². The Hall–Kier alpha value is -6.28. The largest absolute Gasteiger partial charge is 0.507 e. The van der Waals surface area contributed by atoms with E-state index in [0.29, 0.717) is 12.0 Å². The van der Waals surface area contributed by atoms with Gasteiger partial charge in [0, 0.05) is 38.1 Å². The summed E-state index contributed by atoms with van der Waals surface area (Å²) in [6.07, 6.45) is 13.2. The number of likely N-dealkylation sites (N-methyl/N-ethyl adjacent to an activating group) is 2. The molecule has 0 saturated heterocycles. The molecule has 1 aliphatic heterocycles. The number of phenols is 2. The predicted molar refractivity (Wildman–Crippen MR) is 249 cm³/mol. The molecule has 2 aromatic carbocycles. The number of fused-ring (bicyclic) bond motifs is 5. The normalized spacial score (nSPS) is 16.8. The Balaban J connectivity index is 1.64. The zero-order chi connectivity index (χ0) is 49.6. The number of hydrogen-bond donors (Lipinski definition) is 10. The smallest absolute Gasteiger partial charge is 0.257 e. The zero-order valence-corrected chi connectivity index (χ0v) is 39.2. The second-order valence-corrected chi connectivity index (χ2v) is 17.1. The number of primary amides is 1. The summed E-state index contributed by atoms with van der Waals surface area (Å²) in [5.41, 5.74) is 11.8. The van der Waals surface area contributed by atoms with Crippen molar-refractivity contribution in [1.82, 2.24) is 36.4 Å². The molecule has 0 saturated carbocycles. The van der Waals surface area contributed by atoms with E-state index < -0.39 is 91.4 Å². The molecule has 3 rings (SSSR count). The molecule has 0 radical (unpaired) electrons. The minimum atomic E-state index is -1.72. The number of carbonyl (C=O) groups excluding carboxylic acids is 8. The fourth-order valence-electron chi connectivity index (χ4n) is 7.70. The summed E-state index contributed by atoms with van der Waals surface area (Å²) in [4.78, 5) is 107. The van der Waals surface area contributed by atoms with Crippen LogP contribution in [0.25, 0.3) is 11.1 Å². The second-order valence-electron chi connectivity index (χ2n) is 17.1. The second kappa shape index (κ2) is 28.0. The van der Waals surface area contributed by atoms with E-state index in [1.807, 2.05) is 0 Å². The number of aromatic hydroxyl groups is 2. The third-order valence-electron chi connectivity index (χ3n) is 11.8. The predicted octanol–water partition coefficient (Wildman–Crippen LogP) is 1.23. The molecule has 5 atom stereocenters. The Labute approximate surface area is 392 Å². The highest BCUT2D eigenvalue weighted by molar-refractivity contribution is 5.97. The number of nitrogens with zero attached hydrogens (tertiary/aromatic N) is 2. The van der Waals surface area contributed by atoms with Crippen LogP contribution in [0, 0.1) is 0 Å². The van der Waals surface area contributed by atoms with Crippen LogP contribution in [0.15, 0.2) is 36.4 Å². The van der Waals surface area contributed by atoms with Crippen LogP contribution in [-0.4, -0.2) is 130 Å². The highest BCUT2D eigenvalue weighted by Crippen LogP contribution is 2.38. The van der Waals surface area contributed by atoms with Crippen LogP contribution >= 0.6 is 0 Å². The first-order valence-corrected chi connectivity index (χ1v) is 23.2. The van der Waals surface area contributed by atoms with E-state index in [-0.39, 0.29) is 46.9 Å². The van der Waals surface area contributed by atoms with Crippen molar-refractivity contribution in [1.29, 1.82) is 0 Å². The van der Waals surface area contributed by atoms with E-state index in [1.54, 1.807) is 0 Å². The maximum absolute atomic E-state index is 14.0. The molecule has 20 nitrogen and oxygen atoms in total. The summed E-state index contributed by atoms with van der Waals surface area (Å²) in [7, 11) is 2.62. The molecule has 0 fully saturated rings. The van der Waals surface area contributed by atoms with Crippen LogP contribution in [-0.2, 0) is 44.8 Å². The first-order valence-electron chi connectivity index (χ1n) is 23.2. The van der Waals surface area contributed by atoms with Gasteiger partial charge in [0.2, 0.25) is 41.4 Å². The Morgan fingerprint density at radius 1 is 0.746 bits per heavy atom. The zero-order valence-electron chi connectivity index (χ0n) is 39.2. The van der Waals surface area contributed by atoms with Gasteiger partial charge < -0.3 is 63.2 Å². The SMILES string of the molecule is CCCCCCCCCCCCCCCC(=O)N(C)C(CO)C(=O)N[C@H](N)C(=O)NCC(=O)N(C)[C@@H]1C(=O)N[C@@H](C)C(=O)N[C@H](C(=O)NCC(N)=O)Cc2ccc(O)c(c2)-c2cc1ccc2O. The summed E-state index contributed by atoms with van der Waals surface area (Å²) >= 11 is 0. The van der Waals surface area contributed by atoms with Crippen LogP contribution in [0.4, 0.5) is 0 Å². The van der Waals surface area contributed by atoms with Gasteiger partial charge in [-0.2, -0.15) is 0 Å². The van der Waals surface area contributed by atoms with E-state index in [1.165, 1.54) is 109 Å². The van der Waals surface area contributed by atoms with E-state index in [4.69, 9.17) is 11.5 Å². The summed E-state index contributed by atoms with van der Waals surface area (Å²) in [5, 5.41) is 43.8. The van der Waals surface area contributed by atoms with Gasteiger partial charge in [-0.05, 0) is 48.7 Å². The number of aliphatic hydroxyl groups is 1. The average Bonchev–Trinajstić information content (AvgIpc) is 3.29. The molecule has 4 bridgehead atoms. The molecule has 1 unspecified atom stereocenters. The van der Waals surface area contributed by atoms with E-state index in [9.17, 15) is 53.7 Å². The maximum atomic E-state index is 14.0. The first-order chi connectivity index (χ1) is 31.9. The molecular formula is C47H71N9O11. The van der Waals surface area contributed by atoms with E-state index in [0.717, 1.165) is 35.5 Å². The fourth-order valence-corrected chi connectivity index (χ4v) is 7.70. The number of phenolic OH excluding ortho intramolecular Hbond substituents is 2. The lowest BCUT2D eigenvalue weighted by Gasteiger charge is -2.30. The van der Waals surface area contributed by atoms with Crippen molar-refractivity contribution in [2.45, 2.75) is 140 Å². The van der Waals surface area contributed by atoms with E-state index >= 15 is 0 Å². The Kier molecular flexibility index (Phi) is 23.0. The van der Waals surface area contributed by atoms with Gasteiger partial charge >= 0.3 is 0 Å². The molecule has 12 N–H and O–H groups in total. The number of amides is 8. The Morgan fingerprint density at radius 3 is 1.90 bits per heavy atom. The number of rotatable bonds is 25. The number of benzene rings is 2. The summed E-state index contributed by atoms with van der Waals surface area (Å²) in [6, 6.07) is 2.77. The van der Waals surface area contributed by atoms with Crippen LogP contribution in [0.3, 0.4) is 0 Å².